The molecule has 0 amide bonds. The highest BCUT2D eigenvalue weighted by Crippen LogP contribution is 2.40. The third-order valence-corrected chi connectivity index (χ3v) is 3.43. The molecule has 0 N–H and O–H groups in total. The Labute approximate surface area is 95.4 Å². The maximum atomic E-state index is 10.7. The molecule has 16 heavy (non-hydrogen) atoms. The fourth-order valence-electron chi connectivity index (χ4n) is 2.63. The van der Waals surface area contributed by atoms with E-state index in [1.54, 1.807) is 12.3 Å². The van der Waals surface area contributed by atoms with Gasteiger partial charge in [-0.2, -0.15) is 10.1 Å². The highest BCUT2D eigenvalue weighted by molar-refractivity contribution is 5.37. The van der Waals surface area contributed by atoms with Crippen LogP contribution in [0.1, 0.15) is 44.7 Å². The molecule has 0 atom stereocenters. The fraction of sp³-hybridized carbons (Fsp3) is 0.667. The highest BCUT2D eigenvalue weighted by Gasteiger charge is 2.36. The lowest BCUT2D eigenvalue weighted by atomic mass is 9.80. The van der Waals surface area contributed by atoms with E-state index in [9.17, 15) is 4.79 Å². The number of isocyanates is 1. The van der Waals surface area contributed by atoms with Crippen LogP contribution < -0.4 is 0 Å². The van der Waals surface area contributed by atoms with Gasteiger partial charge in [-0.3, -0.25) is 4.68 Å². The quantitative estimate of drug-likeness (QED) is 0.579. The van der Waals surface area contributed by atoms with Crippen LogP contribution in [0.5, 0.6) is 0 Å². The van der Waals surface area contributed by atoms with Crippen molar-refractivity contribution in [3.63, 3.8) is 0 Å². The molecule has 1 heterocycles. The summed E-state index contributed by atoms with van der Waals surface area (Å²) in [7, 11) is 0. The molecule has 86 valence electrons. The van der Waals surface area contributed by atoms with E-state index in [-0.39, 0.29) is 5.54 Å². The molecule has 1 fully saturated rings. The monoisotopic (exact) mass is 219 g/mol. The lowest BCUT2D eigenvalue weighted by Gasteiger charge is -2.32. The van der Waals surface area contributed by atoms with Gasteiger partial charge in [0.15, 0.2) is 0 Å². The second kappa shape index (κ2) is 4.62. The summed E-state index contributed by atoms with van der Waals surface area (Å²) in [6, 6.07) is 1.98. The molecule has 2 rings (SSSR count). The van der Waals surface area contributed by atoms with Gasteiger partial charge in [-0.15, -0.1) is 0 Å². The summed E-state index contributed by atoms with van der Waals surface area (Å²) in [5.74, 6) is 0. The number of rotatable bonds is 3. The van der Waals surface area contributed by atoms with Gasteiger partial charge in [0.2, 0.25) is 6.08 Å². The summed E-state index contributed by atoms with van der Waals surface area (Å²) in [5.41, 5.74) is 0.713. The van der Waals surface area contributed by atoms with Gasteiger partial charge in [-0.25, -0.2) is 4.79 Å². The molecular weight excluding hydrogens is 202 g/mol. The van der Waals surface area contributed by atoms with E-state index in [0.29, 0.717) is 0 Å². The van der Waals surface area contributed by atoms with Gasteiger partial charge in [0.05, 0.1) is 5.69 Å². The van der Waals surface area contributed by atoms with Crippen LogP contribution >= 0.6 is 0 Å². The van der Waals surface area contributed by atoms with Crippen LogP contribution in [0.25, 0.3) is 0 Å². The van der Waals surface area contributed by atoms with E-state index in [4.69, 9.17) is 0 Å². The van der Waals surface area contributed by atoms with Gasteiger partial charge in [0.1, 0.15) is 5.54 Å². The Morgan fingerprint density at radius 2 is 2.25 bits per heavy atom. The summed E-state index contributed by atoms with van der Waals surface area (Å²) in [6.45, 7) is 2.87. The summed E-state index contributed by atoms with van der Waals surface area (Å²) < 4.78 is 1.94. The van der Waals surface area contributed by atoms with Crippen LogP contribution in [0.4, 0.5) is 0 Å². The predicted octanol–water partition coefficient (Wildman–Crippen LogP) is 2.40. The number of carbonyl (C=O) groups excluding carboxylic acids is 1. The SMILES string of the molecule is CCn1nccc1C1(N=C=O)CCCCC1. The normalized spacial score (nSPS) is 19.1. The van der Waals surface area contributed by atoms with Crippen molar-refractivity contribution >= 4 is 6.08 Å². The van der Waals surface area contributed by atoms with Gasteiger partial charge in [0, 0.05) is 12.7 Å². The van der Waals surface area contributed by atoms with E-state index in [0.717, 1.165) is 37.9 Å². The standard InChI is InChI=1S/C12H17N3O/c1-2-15-11(6-9-14-15)12(13-10-16)7-4-3-5-8-12/h6,9H,2-5,7-8H2,1H3. The van der Waals surface area contributed by atoms with E-state index in [1.165, 1.54) is 6.42 Å². The minimum atomic E-state index is -0.355. The van der Waals surface area contributed by atoms with Crippen molar-refractivity contribution in [3.8, 4) is 0 Å². The summed E-state index contributed by atoms with van der Waals surface area (Å²) in [6.07, 6.45) is 8.90. The molecule has 0 aromatic carbocycles. The molecule has 0 aliphatic heterocycles. The first-order valence-electron chi connectivity index (χ1n) is 5.94. The largest absolute Gasteiger partial charge is 0.267 e. The first-order valence-corrected chi connectivity index (χ1v) is 5.94. The first kappa shape index (κ1) is 11.1. The van der Waals surface area contributed by atoms with E-state index in [1.807, 2.05) is 10.7 Å². The van der Waals surface area contributed by atoms with Crippen LogP contribution in [0.15, 0.2) is 17.3 Å². The summed E-state index contributed by atoms with van der Waals surface area (Å²) >= 11 is 0. The molecule has 0 radical (unpaired) electrons. The minimum Gasteiger partial charge on any atom is -0.267 e. The third kappa shape index (κ3) is 1.81. The zero-order valence-electron chi connectivity index (χ0n) is 9.65. The average Bonchev–Trinajstić information content (AvgIpc) is 2.79. The zero-order chi connectivity index (χ0) is 11.4. The Balaban J connectivity index is 2.42. The smallest absolute Gasteiger partial charge is 0.235 e. The Morgan fingerprint density at radius 1 is 1.50 bits per heavy atom. The van der Waals surface area contributed by atoms with Crippen LogP contribution in [0, 0.1) is 0 Å². The molecule has 1 saturated carbocycles. The Kier molecular flexibility index (Phi) is 3.20. The molecule has 0 bridgehead atoms. The summed E-state index contributed by atoms with van der Waals surface area (Å²) in [5, 5.41) is 4.26. The minimum absolute atomic E-state index is 0.355. The molecule has 4 heteroatoms. The molecule has 1 aliphatic rings. The second-order valence-electron chi connectivity index (χ2n) is 4.33. The first-order chi connectivity index (χ1) is 7.82. The molecule has 1 aromatic heterocycles. The maximum absolute atomic E-state index is 10.7. The van der Waals surface area contributed by atoms with Crippen molar-refractivity contribution in [1.29, 1.82) is 0 Å². The van der Waals surface area contributed by atoms with Gasteiger partial charge >= 0.3 is 0 Å². The fourth-order valence-corrected chi connectivity index (χ4v) is 2.63. The molecule has 0 saturated heterocycles. The number of aryl methyl sites for hydroxylation is 1. The lowest BCUT2D eigenvalue weighted by molar-refractivity contribution is 0.284. The van der Waals surface area contributed by atoms with Crippen molar-refractivity contribution in [2.45, 2.75) is 51.1 Å². The molecule has 0 unspecified atom stereocenters. The van der Waals surface area contributed by atoms with E-state index in [2.05, 4.69) is 17.0 Å². The lowest BCUT2D eigenvalue weighted by Crippen LogP contribution is -2.29. The molecule has 1 aliphatic carbocycles. The van der Waals surface area contributed by atoms with Crippen molar-refractivity contribution in [3.05, 3.63) is 18.0 Å². The maximum Gasteiger partial charge on any atom is 0.235 e. The zero-order valence-corrected chi connectivity index (χ0v) is 9.65. The second-order valence-corrected chi connectivity index (χ2v) is 4.33. The number of hydrogen-bond donors (Lipinski definition) is 0. The number of aliphatic imine (C=N–C) groups is 1. The number of hydrogen-bond acceptors (Lipinski definition) is 3. The van der Waals surface area contributed by atoms with E-state index >= 15 is 0 Å². The molecule has 0 spiro atoms. The predicted molar refractivity (Wildman–Crippen MR) is 60.8 cm³/mol. The topological polar surface area (TPSA) is 47.2 Å². The number of aromatic nitrogens is 2. The highest BCUT2D eigenvalue weighted by atomic mass is 16.1. The van der Waals surface area contributed by atoms with Crippen molar-refractivity contribution in [2.75, 3.05) is 0 Å². The average molecular weight is 219 g/mol. The van der Waals surface area contributed by atoms with Gasteiger partial charge < -0.3 is 0 Å². The van der Waals surface area contributed by atoms with Crippen molar-refractivity contribution in [1.82, 2.24) is 9.78 Å². The Bertz CT molecular complexity index is 398. The van der Waals surface area contributed by atoms with Crippen LogP contribution in [0.3, 0.4) is 0 Å². The molecule has 4 nitrogen and oxygen atoms in total. The third-order valence-electron chi connectivity index (χ3n) is 3.43. The summed E-state index contributed by atoms with van der Waals surface area (Å²) in [4.78, 5) is 14.8. The Hall–Kier alpha value is -1.41. The van der Waals surface area contributed by atoms with Crippen LogP contribution in [-0.2, 0) is 16.9 Å². The molecular formula is C12H17N3O. The molecule has 1 aromatic rings. The van der Waals surface area contributed by atoms with Crippen LogP contribution in [-0.4, -0.2) is 15.9 Å². The van der Waals surface area contributed by atoms with Gasteiger partial charge in [-0.05, 0) is 25.8 Å². The number of nitrogens with zero attached hydrogens (tertiary/aromatic N) is 3. The van der Waals surface area contributed by atoms with Crippen molar-refractivity contribution in [2.24, 2.45) is 4.99 Å². The Morgan fingerprint density at radius 3 is 2.88 bits per heavy atom. The van der Waals surface area contributed by atoms with Gasteiger partial charge in [-0.1, -0.05) is 19.3 Å². The van der Waals surface area contributed by atoms with Gasteiger partial charge in [0.25, 0.3) is 0 Å². The van der Waals surface area contributed by atoms with Crippen molar-refractivity contribution < 1.29 is 4.79 Å². The van der Waals surface area contributed by atoms with Crippen LogP contribution in [0.2, 0.25) is 0 Å². The van der Waals surface area contributed by atoms with E-state index < -0.39 is 0 Å².